The molecule has 2 fully saturated rings. The molecule has 3 atom stereocenters. The van der Waals surface area contributed by atoms with E-state index in [-0.39, 0.29) is 24.5 Å². The smallest absolute Gasteiger partial charge is 0.248 e. The molecule has 1 N–H and O–H groups in total. The van der Waals surface area contributed by atoms with Gasteiger partial charge in [0.2, 0.25) is 11.8 Å². The van der Waals surface area contributed by atoms with Gasteiger partial charge in [0.1, 0.15) is 6.61 Å². The first-order chi connectivity index (χ1) is 11.1. The largest absolute Gasteiger partial charge is 0.367 e. The Morgan fingerprint density at radius 3 is 2.78 bits per heavy atom. The van der Waals surface area contributed by atoms with Gasteiger partial charge in [0.25, 0.3) is 0 Å². The van der Waals surface area contributed by atoms with Crippen LogP contribution in [0.5, 0.6) is 0 Å². The summed E-state index contributed by atoms with van der Waals surface area (Å²) in [5.74, 6) is 1.10. The van der Waals surface area contributed by atoms with Crippen LogP contribution in [-0.2, 0) is 20.9 Å². The number of amides is 2. The number of carbonyl (C=O) groups excluding carboxylic acids is 2. The molecular weight excluding hydrogens is 292 g/mol. The van der Waals surface area contributed by atoms with Crippen LogP contribution in [0.4, 0.5) is 0 Å². The van der Waals surface area contributed by atoms with Crippen molar-refractivity contribution >= 4 is 11.8 Å². The number of benzene rings is 1. The summed E-state index contributed by atoms with van der Waals surface area (Å²) in [4.78, 5) is 25.6. The standard InChI is InChI=1S/C18H24N2O3/c1-20(16-7-14-9-17(21)19-10-15(14)8-16)18(22)12-23-11-13-5-3-2-4-6-13/h2-6,14-16H,7-12H2,1H3,(H,19,21)/t14-,15+,16-/m0/s1. The zero-order valence-corrected chi connectivity index (χ0v) is 13.5. The molecule has 124 valence electrons. The second kappa shape index (κ2) is 7.13. The van der Waals surface area contributed by atoms with Crippen molar-refractivity contribution in [2.45, 2.75) is 31.9 Å². The molecule has 2 aliphatic rings. The van der Waals surface area contributed by atoms with E-state index < -0.39 is 0 Å². The van der Waals surface area contributed by atoms with Crippen molar-refractivity contribution in [1.29, 1.82) is 0 Å². The molecule has 1 aliphatic heterocycles. The van der Waals surface area contributed by atoms with Crippen LogP contribution < -0.4 is 5.32 Å². The summed E-state index contributed by atoms with van der Waals surface area (Å²) in [6.07, 6.45) is 2.51. The van der Waals surface area contributed by atoms with Crippen LogP contribution in [0.15, 0.2) is 30.3 Å². The summed E-state index contributed by atoms with van der Waals surface area (Å²) in [5.41, 5.74) is 1.07. The SMILES string of the molecule is CN(C(=O)COCc1ccccc1)[C@H]1C[C@H]2CC(=O)NC[C@H]2C1. The minimum absolute atomic E-state index is 0.0175. The molecule has 1 aromatic rings. The molecule has 2 amide bonds. The van der Waals surface area contributed by atoms with Crippen molar-refractivity contribution < 1.29 is 14.3 Å². The van der Waals surface area contributed by atoms with Crippen LogP contribution in [-0.4, -0.2) is 43.0 Å². The Hall–Kier alpha value is -1.88. The molecule has 23 heavy (non-hydrogen) atoms. The third kappa shape index (κ3) is 3.91. The number of nitrogens with one attached hydrogen (secondary N) is 1. The van der Waals surface area contributed by atoms with Crippen LogP contribution in [0, 0.1) is 11.8 Å². The number of ether oxygens (including phenoxy) is 1. The van der Waals surface area contributed by atoms with E-state index >= 15 is 0 Å². The molecule has 0 radical (unpaired) electrons. The third-order valence-electron chi connectivity index (χ3n) is 5.10. The maximum atomic E-state index is 12.3. The van der Waals surface area contributed by atoms with Gasteiger partial charge in [-0.2, -0.15) is 0 Å². The molecule has 1 saturated carbocycles. The highest BCUT2D eigenvalue weighted by Gasteiger charge is 2.40. The van der Waals surface area contributed by atoms with E-state index in [2.05, 4.69) is 5.32 Å². The number of fused-ring (bicyclic) bond motifs is 1. The summed E-state index contributed by atoms with van der Waals surface area (Å²) < 4.78 is 5.54. The zero-order valence-electron chi connectivity index (χ0n) is 13.5. The molecule has 5 nitrogen and oxygen atoms in total. The van der Waals surface area contributed by atoms with Crippen molar-refractivity contribution in [2.24, 2.45) is 11.8 Å². The molecule has 0 bridgehead atoms. The summed E-state index contributed by atoms with van der Waals surface area (Å²) >= 11 is 0. The van der Waals surface area contributed by atoms with Gasteiger partial charge in [-0.15, -0.1) is 0 Å². The maximum Gasteiger partial charge on any atom is 0.248 e. The average molecular weight is 316 g/mol. The summed E-state index contributed by atoms with van der Waals surface area (Å²) in [6, 6.07) is 10.1. The predicted octanol–water partition coefficient (Wildman–Crippen LogP) is 1.58. The van der Waals surface area contributed by atoms with E-state index in [1.54, 1.807) is 0 Å². The van der Waals surface area contributed by atoms with Crippen LogP contribution in [0.1, 0.15) is 24.8 Å². The molecule has 0 aromatic heterocycles. The van der Waals surface area contributed by atoms with Crippen LogP contribution in [0.3, 0.4) is 0 Å². The van der Waals surface area contributed by atoms with Gasteiger partial charge in [-0.3, -0.25) is 9.59 Å². The van der Waals surface area contributed by atoms with Gasteiger partial charge >= 0.3 is 0 Å². The summed E-state index contributed by atoms with van der Waals surface area (Å²) in [5, 5.41) is 2.93. The number of likely N-dealkylation sites (N-methyl/N-ethyl adjacent to an activating group) is 1. The van der Waals surface area contributed by atoms with Crippen LogP contribution >= 0.6 is 0 Å². The van der Waals surface area contributed by atoms with Crippen LogP contribution in [0.2, 0.25) is 0 Å². The molecular formula is C18H24N2O3. The number of rotatable bonds is 5. The minimum atomic E-state index is 0.0175. The van der Waals surface area contributed by atoms with Gasteiger partial charge in [0.05, 0.1) is 6.61 Å². The number of nitrogens with zero attached hydrogens (tertiary/aromatic N) is 1. The Kier molecular flexibility index (Phi) is 4.96. The quantitative estimate of drug-likeness (QED) is 0.897. The van der Waals surface area contributed by atoms with Gasteiger partial charge in [0.15, 0.2) is 0 Å². The molecule has 1 aromatic carbocycles. The second-order valence-corrected chi connectivity index (χ2v) is 6.64. The fourth-order valence-electron chi connectivity index (χ4n) is 3.69. The number of piperidine rings is 1. The number of carbonyl (C=O) groups is 2. The first kappa shape index (κ1) is 16.0. The van der Waals surface area contributed by atoms with Gasteiger partial charge < -0.3 is 15.0 Å². The third-order valence-corrected chi connectivity index (χ3v) is 5.10. The van der Waals surface area contributed by atoms with Gasteiger partial charge in [0, 0.05) is 26.1 Å². The zero-order chi connectivity index (χ0) is 16.2. The van der Waals surface area contributed by atoms with E-state index in [1.807, 2.05) is 42.3 Å². The minimum Gasteiger partial charge on any atom is -0.367 e. The Morgan fingerprint density at radius 1 is 1.26 bits per heavy atom. The lowest BCUT2D eigenvalue weighted by atomic mass is 9.89. The first-order valence-corrected chi connectivity index (χ1v) is 8.27. The van der Waals surface area contributed by atoms with Crippen molar-refractivity contribution in [1.82, 2.24) is 10.2 Å². The highest BCUT2D eigenvalue weighted by Crippen LogP contribution is 2.38. The lowest BCUT2D eigenvalue weighted by Gasteiger charge is -2.24. The fraction of sp³-hybridized carbons (Fsp3) is 0.556. The molecule has 0 spiro atoms. The van der Waals surface area contributed by atoms with Crippen molar-refractivity contribution in [3.05, 3.63) is 35.9 Å². The topological polar surface area (TPSA) is 58.6 Å². The number of hydrogen-bond donors (Lipinski definition) is 1. The van der Waals surface area contributed by atoms with E-state index in [0.717, 1.165) is 24.9 Å². The lowest BCUT2D eigenvalue weighted by molar-refractivity contribution is -0.137. The Labute approximate surface area is 137 Å². The Morgan fingerprint density at radius 2 is 2.00 bits per heavy atom. The van der Waals surface area contributed by atoms with Crippen LogP contribution in [0.25, 0.3) is 0 Å². The van der Waals surface area contributed by atoms with Gasteiger partial charge in [-0.1, -0.05) is 30.3 Å². The van der Waals surface area contributed by atoms with Crippen molar-refractivity contribution in [3.8, 4) is 0 Å². The predicted molar refractivity (Wildman–Crippen MR) is 86.5 cm³/mol. The Balaban J connectivity index is 1.45. The second-order valence-electron chi connectivity index (χ2n) is 6.64. The monoisotopic (exact) mass is 316 g/mol. The first-order valence-electron chi connectivity index (χ1n) is 8.27. The molecule has 5 heteroatoms. The highest BCUT2D eigenvalue weighted by molar-refractivity contribution is 5.78. The van der Waals surface area contributed by atoms with Crippen molar-refractivity contribution in [3.63, 3.8) is 0 Å². The molecule has 1 aliphatic carbocycles. The highest BCUT2D eigenvalue weighted by atomic mass is 16.5. The summed E-state index contributed by atoms with van der Waals surface area (Å²) in [6.45, 7) is 1.32. The van der Waals surface area contributed by atoms with E-state index in [4.69, 9.17) is 4.74 Å². The maximum absolute atomic E-state index is 12.3. The van der Waals surface area contributed by atoms with Gasteiger partial charge in [-0.05, 0) is 30.2 Å². The summed E-state index contributed by atoms with van der Waals surface area (Å²) in [7, 11) is 1.85. The van der Waals surface area contributed by atoms with Gasteiger partial charge in [-0.25, -0.2) is 0 Å². The molecule has 1 saturated heterocycles. The Bertz CT molecular complexity index is 561. The average Bonchev–Trinajstić information content (AvgIpc) is 2.98. The lowest BCUT2D eigenvalue weighted by Crippen LogP contribution is -2.38. The van der Waals surface area contributed by atoms with E-state index in [1.165, 1.54) is 0 Å². The fourth-order valence-corrected chi connectivity index (χ4v) is 3.69. The number of hydrogen-bond acceptors (Lipinski definition) is 3. The van der Waals surface area contributed by atoms with E-state index in [9.17, 15) is 9.59 Å². The van der Waals surface area contributed by atoms with E-state index in [0.29, 0.717) is 24.9 Å². The molecule has 0 unspecified atom stereocenters. The normalized spacial score (nSPS) is 26.5. The van der Waals surface area contributed by atoms with Crippen molar-refractivity contribution in [2.75, 3.05) is 20.2 Å². The molecule has 3 rings (SSSR count). The molecule has 1 heterocycles.